The molecule has 0 radical (unpaired) electrons. The highest BCUT2D eigenvalue weighted by atomic mass is 35.5. The number of Topliss-reactive ketones (excluding diaryl/α,β-unsaturated/α-hetero) is 1. The maximum absolute atomic E-state index is 11.4. The average Bonchev–Trinajstić information content (AvgIpc) is 2.20. The Balaban J connectivity index is 3.08. The Morgan fingerprint density at radius 3 is 2.86 bits per heavy atom. The van der Waals surface area contributed by atoms with E-state index in [0.717, 1.165) is 5.56 Å². The fourth-order valence-corrected chi connectivity index (χ4v) is 1.37. The first-order valence-electron chi connectivity index (χ1n) is 4.19. The van der Waals surface area contributed by atoms with Gasteiger partial charge in [-0.1, -0.05) is 17.7 Å². The molecule has 1 rings (SSSR count). The van der Waals surface area contributed by atoms with Gasteiger partial charge < -0.3 is 10.5 Å². The Kier molecular flexibility index (Phi) is 4.07. The van der Waals surface area contributed by atoms with Crippen LogP contribution in [-0.2, 0) is 11.3 Å². The van der Waals surface area contributed by atoms with E-state index < -0.39 is 0 Å². The summed E-state index contributed by atoms with van der Waals surface area (Å²) in [7, 11) is 1.57. The molecule has 0 saturated heterocycles. The molecule has 0 fully saturated rings. The number of carbonyl (C=O) groups is 1. The van der Waals surface area contributed by atoms with E-state index in [0.29, 0.717) is 17.2 Å². The third kappa shape index (κ3) is 2.54. The minimum Gasteiger partial charge on any atom is -0.380 e. The number of benzene rings is 1. The maximum Gasteiger partial charge on any atom is 0.176 e. The van der Waals surface area contributed by atoms with Gasteiger partial charge in [-0.3, -0.25) is 4.79 Å². The van der Waals surface area contributed by atoms with Crippen molar-refractivity contribution in [3.05, 3.63) is 34.3 Å². The average molecular weight is 214 g/mol. The highest BCUT2D eigenvalue weighted by molar-refractivity contribution is 6.31. The minimum atomic E-state index is -0.125. The second-order valence-corrected chi connectivity index (χ2v) is 3.30. The van der Waals surface area contributed by atoms with E-state index in [1.807, 2.05) is 0 Å². The van der Waals surface area contributed by atoms with Gasteiger partial charge >= 0.3 is 0 Å². The molecule has 4 heteroatoms. The number of hydrogen-bond donors (Lipinski definition) is 1. The quantitative estimate of drug-likeness (QED) is 0.774. The van der Waals surface area contributed by atoms with E-state index in [9.17, 15) is 4.79 Å². The first-order valence-corrected chi connectivity index (χ1v) is 4.57. The second kappa shape index (κ2) is 5.10. The van der Waals surface area contributed by atoms with Crippen LogP contribution in [0.2, 0.25) is 5.02 Å². The predicted octanol–water partition coefficient (Wildman–Crippen LogP) is 1.63. The van der Waals surface area contributed by atoms with Crippen molar-refractivity contribution < 1.29 is 9.53 Å². The van der Waals surface area contributed by atoms with Crippen LogP contribution in [-0.4, -0.2) is 19.4 Å². The summed E-state index contributed by atoms with van der Waals surface area (Å²) in [4.78, 5) is 11.4. The number of rotatable bonds is 4. The molecule has 3 nitrogen and oxygen atoms in total. The fraction of sp³-hybridized carbons (Fsp3) is 0.300. The van der Waals surface area contributed by atoms with Gasteiger partial charge in [0.1, 0.15) is 0 Å². The van der Waals surface area contributed by atoms with Crippen LogP contribution in [0.25, 0.3) is 0 Å². The number of hydrogen-bond acceptors (Lipinski definition) is 3. The van der Waals surface area contributed by atoms with Crippen LogP contribution in [0.3, 0.4) is 0 Å². The fourth-order valence-electron chi connectivity index (χ4n) is 1.20. The van der Waals surface area contributed by atoms with Gasteiger partial charge in [-0.05, 0) is 17.7 Å². The lowest BCUT2D eigenvalue weighted by Gasteiger charge is -2.07. The highest BCUT2D eigenvalue weighted by Crippen LogP contribution is 2.17. The van der Waals surface area contributed by atoms with E-state index >= 15 is 0 Å². The Labute approximate surface area is 87.8 Å². The lowest BCUT2D eigenvalue weighted by molar-refractivity contribution is 0.0996. The maximum atomic E-state index is 11.4. The van der Waals surface area contributed by atoms with E-state index in [1.54, 1.807) is 25.3 Å². The summed E-state index contributed by atoms with van der Waals surface area (Å²) in [6.45, 7) is 0.370. The Bertz CT molecular complexity index is 339. The van der Waals surface area contributed by atoms with Gasteiger partial charge in [0.15, 0.2) is 5.78 Å². The van der Waals surface area contributed by atoms with Crippen LogP contribution in [0, 0.1) is 0 Å². The predicted molar refractivity (Wildman–Crippen MR) is 55.5 cm³/mol. The van der Waals surface area contributed by atoms with E-state index in [-0.39, 0.29) is 12.3 Å². The van der Waals surface area contributed by atoms with Gasteiger partial charge in [-0.2, -0.15) is 0 Å². The number of methoxy groups -OCH3 is 1. The summed E-state index contributed by atoms with van der Waals surface area (Å²) in [5.74, 6) is -0.125. The third-order valence-electron chi connectivity index (χ3n) is 1.86. The Morgan fingerprint density at radius 1 is 1.57 bits per heavy atom. The van der Waals surface area contributed by atoms with E-state index in [4.69, 9.17) is 22.1 Å². The molecular formula is C10H12ClNO2. The lowest BCUT2D eigenvalue weighted by atomic mass is 10.0. The van der Waals surface area contributed by atoms with Crippen molar-refractivity contribution in [1.82, 2.24) is 0 Å². The van der Waals surface area contributed by atoms with Gasteiger partial charge in [-0.15, -0.1) is 0 Å². The Morgan fingerprint density at radius 2 is 2.29 bits per heavy atom. The first kappa shape index (κ1) is 11.2. The standard InChI is InChI=1S/C10H12ClNO2/c1-14-6-7-2-3-8(11)4-9(7)10(13)5-12/h2-4H,5-6,12H2,1H3. The highest BCUT2D eigenvalue weighted by Gasteiger charge is 2.09. The summed E-state index contributed by atoms with van der Waals surface area (Å²) in [6, 6.07) is 5.11. The molecule has 0 heterocycles. The zero-order valence-corrected chi connectivity index (χ0v) is 8.67. The van der Waals surface area contributed by atoms with Gasteiger partial charge in [-0.25, -0.2) is 0 Å². The molecule has 0 aliphatic carbocycles. The van der Waals surface area contributed by atoms with Crippen LogP contribution < -0.4 is 5.73 Å². The molecule has 1 aromatic rings. The third-order valence-corrected chi connectivity index (χ3v) is 2.09. The number of carbonyl (C=O) groups excluding carboxylic acids is 1. The zero-order chi connectivity index (χ0) is 10.6. The van der Waals surface area contributed by atoms with Gasteiger partial charge in [0.05, 0.1) is 13.2 Å². The summed E-state index contributed by atoms with van der Waals surface area (Å²) in [5, 5.41) is 0.529. The Hall–Kier alpha value is -0.900. The SMILES string of the molecule is COCc1ccc(Cl)cc1C(=O)CN. The molecule has 0 spiro atoms. The van der Waals surface area contributed by atoms with Gasteiger partial charge in [0.25, 0.3) is 0 Å². The smallest absolute Gasteiger partial charge is 0.176 e. The molecule has 0 atom stereocenters. The largest absolute Gasteiger partial charge is 0.380 e. The molecule has 0 saturated carbocycles. The van der Waals surface area contributed by atoms with Gasteiger partial charge in [0.2, 0.25) is 0 Å². The normalized spacial score (nSPS) is 10.2. The van der Waals surface area contributed by atoms with Crippen LogP contribution >= 0.6 is 11.6 Å². The van der Waals surface area contributed by atoms with Crippen LogP contribution in [0.1, 0.15) is 15.9 Å². The van der Waals surface area contributed by atoms with Crippen molar-refractivity contribution in [3.8, 4) is 0 Å². The van der Waals surface area contributed by atoms with Crippen molar-refractivity contribution in [2.45, 2.75) is 6.61 Å². The molecule has 0 bridgehead atoms. The molecule has 0 amide bonds. The second-order valence-electron chi connectivity index (χ2n) is 2.86. The molecular weight excluding hydrogens is 202 g/mol. The molecule has 14 heavy (non-hydrogen) atoms. The molecule has 0 unspecified atom stereocenters. The van der Waals surface area contributed by atoms with Gasteiger partial charge in [0, 0.05) is 17.7 Å². The monoisotopic (exact) mass is 213 g/mol. The number of nitrogens with two attached hydrogens (primary N) is 1. The molecule has 0 aliphatic rings. The number of halogens is 1. The zero-order valence-electron chi connectivity index (χ0n) is 7.92. The van der Waals surface area contributed by atoms with Crippen molar-refractivity contribution in [2.75, 3.05) is 13.7 Å². The first-order chi connectivity index (χ1) is 6.69. The minimum absolute atomic E-state index is 0.0168. The number of ether oxygens (including phenoxy) is 1. The van der Waals surface area contributed by atoms with E-state index in [1.165, 1.54) is 0 Å². The summed E-state index contributed by atoms with van der Waals surface area (Å²) in [5.41, 5.74) is 6.64. The van der Waals surface area contributed by atoms with Crippen molar-refractivity contribution in [1.29, 1.82) is 0 Å². The topological polar surface area (TPSA) is 52.3 Å². The summed E-state index contributed by atoms with van der Waals surface area (Å²) < 4.78 is 4.97. The van der Waals surface area contributed by atoms with Crippen molar-refractivity contribution in [2.24, 2.45) is 5.73 Å². The van der Waals surface area contributed by atoms with E-state index in [2.05, 4.69) is 0 Å². The van der Waals surface area contributed by atoms with Crippen molar-refractivity contribution >= 4 is 17.4 Å². The molecule has 0 aromatic heterocycles. The summed E-state index contributed by atoms with van der Waals surface area (Å²) >= 11 is 5.78. The number of ketones is 1. The van der Waals surface area contributed by atoms with Crippen LogP contribution in [0.4, 0.5) is 0 Å². The molecule has 0 aliphatic heterocycles. The molecule has 76 valence electrons. The van der Waals surface area contributed by atoms with Crippen LogP contribution in [0.5, 0.6) is 0 Å². The summed E-state index contributed by atoms with van der Waals surface area (Å²) in [6.07, 6.45) is 0. The molecule has 2 N–H and O–H groups in total. The molecule has 1 aromatic carbocycles. The van der Waals surface area contributed by atoms with Crippen molar-refractivity contribution in [3.63, 3.8) is 0 Å². The lowest BCUT2D eigenvalue weighted by Crippen LogP contribution is -2.15. The van der Waals surface area contributed by atoms with Crippen LogP contribution in [0.15, 0.2) is 18.2 Å².